The van der Waals surface area contributed by atoms with Gasteiger partial charge in [0, 0.05) is 11.6 Å². The van der Waals surface area contributed by atoms with Crippen LogP contribution in [0.25, 0.3) is 0 Å². The summed E-state index contributed by atoms with van der Waals surface area (Å²) in [6, 6.07) is -1.50. The summed E-state index contributed by atoms with van der Waals surface area (Å²) in [6.07, 6.45) is -10.2. The Kier molecular flexibility index (Phi) is 5.24. The minimum atomic E-state index is -5.11. The summed E-state index contributed by atoms with van der Waals surface area (Å²) in [7, 11) is 0. The molecule has 0 radical (unpaired) electrons. The lowest BCUT2D eigenvalue weighted by atomic mass is 9.97. The molecule has 0 aromatic heterocycles. The minimum absolute atomic E-state index is 0. The van der Waals surface area contributed by atoms with Crippen molar-refractivity contribution in [2.24, 2.45) is 5.73 Å². The molecule has 0 spiro atoms. The average Bonchev–Trinajstić information content (AvgIpc) is 2.12. The topological polar surface area (TPSA) is 26.0 Å². The maximum absolute atomic E-state index is 13.3. The normalized spacial score (nSPS) is 13.9. The smallest absolute Gasteiger partial charge is 0.324 e. The van der Waals surface area contributed by atoms with Crippen molar-refractivity contribution in [3.05, 3.63) is 34.6 Å². The van der Waals surface area contributed by atoms with E-state index in [1.54, 1.807) is 0 Å². The molecule has 1 atom stereocenters. The lowest BCUT2D eigenvalue weighted by Crippen LogP contribution is -2.19. The third-order valence-corrected chi connectivity index (χ3v) is 2.22. The highest BCUT2D eigenvalue weighted by Crippen LogP contribution is 2.39. The standard InChI is InChI=1S/C10H8F7N.ClH/c1-4(18)8-6(10(15,16)17)2-5(3-7(8)11)9(12,13)14;/h2-4H,18H2,1H3;1H/t4-;/m0./s1. The van der Waals surface area contributed by atoms with Gasteiger partial charge in [0.15, 0.2) is 0 Å². The molecule has 0 aliphatic rings. The van der Waals surface area contributed by atoms with Crippen LogP contribution in [0.3, 0.4) is 0 Å². The zero-order chi connectivity index (χ0) is 14.3. The highest BCUT2D eigenvalue weighted by molar-refractivity contribution is 5.85. The number of hydrogen-bond donors (Lipinski definition) is 1. The van der Waals surface area contributed by atoms with Crippen LogP contribution in [0.4, 0.5) is 30.7 Å². The molecule has 9 heteroatoms. The van der Waals surface area contributed by atoms with Crippen molar-refractivity contribution in [3.8, 4) is 0 Å². The van der Waals surface area contributed by atoms with Gasteiger partial charge < -0.3 is 5.73 Å². The second-order valence-electron chi connectivity index (χ2n) is 3.70. The Labute approximate surface area is 110 Å². The van der Waals surface area contributed by atoms with E-state index in [0.29, 0.717) is 0 Å². The van der Waals surface area contributed by atoms with E-state index in [1.165, 1.54) is 0 Å². The quantitative estimate of drug-likeness (QED) is 0.769. The van der Waals surface area contributed by atoms with Gasteiger partial charge in [-0.15, -0.1) is 12.4 Å². The fourth-order valence-corrected chi connectivity index (χ4v) is 1.48. The SMILES string of the molecule is C[C@H](N)c1c(F)cc(C(F)(F)F)cc1C(F)(F)F.Cl. The molecule has 0 saturated heterocycles. The molecule has 0 aliphatic carbocycles. The molecule has 1 rings (SSSR count). The maximum Gasteiger partial charge on any atom is 0.416 e. The first-order valence-electron chi connectivity index (χ1n) is 4.68. The van der Waals surface area contributed by atoms with E-state index in [2.05, 4.69) is 0 Å². The van der Waals surface area contributed by atoms with E-state index in [0.717, 1.165) is 6.92 Å². The van der Waals surface area contributed by atoms with Crippen LogP contribution in [0.15, 0.2) is 12.1 Å². The van der Waals surface area contributed by atoms with Crippen molar-refractivity contribution >= 4 is 12.4 Å². The number of hydrogen-bond acceptors (Lipinski definition) is 1. The Morgan fingerprint density at radius 2 is 1.47 bits per heavy atom. The van der Waals surface area contributed by atoms with Gasteiger partial charge in [0.1, 0.15) is 5.82 Å². The Morgan fingerprint density at radius 1 is 1.00 bits per heavy atom. The summed E-state index contributed by atoms with van der Waals surface area (Å²) in [5, 5.41) is 0. The molecular formula is C10H9ClF7N. The van der Waals surface area contributed by atoms with Crippen molar-refractivity contribution in [1.82, 2.24) is 0 Å². The molecule has 1 aromatic rings. The predicted molar refractivity (Wildman–Crippen MR) is 56.3 cm³/mol. The number of halogens is 8. The first-order chi connectivity index (χ1) is 7.94. The summed E-state index contributed by atoms with van der Waals surface area (Å²) in [6.45, 7) is 1.06. The van der Waals surface area contributed by atoms with Gasteiger partial charge in [-0.05, 0) is 19.1 Å². The lowest BCUT2D eigenvalue weighted by molar-refractivity contribution is -0.144. The minimum Gasteiger partial charge on any atom is -0.324 e. The van der Waals surface area contributed by atoms with Crippen LogP contribution in [-0.4, -0.2) is 0 Å². The van der Waals surface area contributed by atoms with E-state index in [9.17, 15) is 30.7 Å². The third kappa shape index (κ3) is 3.97. The molecule has 0 fully saturated rings. The third-order valence-electron chi connectivity index (χ3n) is 2.22. The van der Waals surface area contributed by atoms with Crippen LogP contribution >= 0.6 is 12.4 Å². The van der Waals surface area contributed by atoms with Crippen LogP contribution in [0.1, 0.15) is 29.7 Å². The number of nitrogens with two attached hydrogens (primary N) is 1. The van der Waals surface area contributed by atoms with Gasteiger partial charge in [0.05, 0.1) is 11.1 Å². The second-order valence-corrected chi connectivity index (χ2v) is 3.70. The number of rotatable bonds is 1. The fourth-order valence-electron chi connectivity index (χ4n) is 1.48. The van der Waals surface area contributed by atoms with E-state index in [-0.39, 0.29) is 24.5 Å². The molecule has 110 valence electrons. The van der Waals surface area contributed by atoms with Crippen molar-refractivity contribution < 1.29 is 30.7 Å². The highest BCUT2D eigenvalue weighted by atomic mass is 35.5. The predicted octanol–water partition coefficient (Wildman–Crippen LogP) is 4.30. The molecule has 0 unspecified atom stereocenters. The zero-order valence-electron chi connectivity index (χ0n) is 9.36. The van der Waals surface area contributed by atoms with Gasteiger partial charge in [0.25, 0.3) is 0 Å². The van der Waals surface area contributed by atoms with Gasteiger partial charge >= 0.3 is 12.4 Å². The molecule has 19 heavy (non-hydrogen) atoms. The van der Waals surface area contributed by atoms with Crippen molar-refractivity contribution in [3.63, 3.8) is 0 Å². The Balaban J connectivity index is 0.00000324. The van der Waals surface area contributed by atoms with Crippen LogP contribution in [0, 0.1) is 5.82 Å². The molecule has 0 heterocycles. The van der Waals surface area contributed by atoms with Crippen molar-refractivity contribution in [2.75, 3.05) is 0 Å². The molecule has 0 aliphatic heterocycles. The molecule has 0 saturated carbocycles. The zero-order valence-corrected chi connectivity index (χ0v) is 10.2. The van der Waals surface area contributed by atoms with Crippen LogP contribution in [0.2, 0.25) is 0 Å². The molecule has 0 amide bonds. The Bertz CT molecular complexity index is 450. The molecular weight excluding hydrogens is 303 g/mol. The van der Waals surface area contributed by atoms with Gasteiger partial charge in [-0.25, -0.2) is 4.39 Å². The van der Waals surface area contributed by atoms with Gasteiger partial charge in [-0.3, -0.25) is 0 Å². The van der Waals surface area contributed by atoms with E-state index < -0.39 is 40.9 Å². The second kappa shape index (κ2) is 5.54. The van der Waals surface area contributed by atoms with E-state index in [1.807, 2.05) is 0 Å². The number of benzene rings is 1. The Morgan fingerprint density at radius 3 is 1.79 bits per heavy atom. The van der Waals surface area contributed by atoms with Gasteiger partial charge in [0.2, 0.25) is 0 Å². The Hall–Kier alpha value is -1.02. The largest absolute Gasteiger partial charge is 0.416 e. The summed E-state index contributed by atoms with van der Waals surface area (Å²) >= 11 is 0. The van der Waals surface area contributed by atoms with E-state index >= 15 is 0 Å². The molecule has 1 aromatic carbocycles. The van der Waals surface area contributed by atoms with Crippen molar-refractivity contribution in [2.45, 2.75) is 25.3 Å². The lowest BCUT2D eigenvalue weighted by Gasteiger charge is -2.18. The monoisotopic (exact) mass is 311 g/mol. The first-order valence-corrected chi connectivity index (χ1v) is 4.68. The highest BCUT2D eigenvalue weighted by Gasteiger charge is 2.40. The summed E-state index contributed by atoms with van der Waals surface area (Å²) in [5.41, 5.74) is 0.772. The van der Waals surface area contributed by atoms with Crippen molar-refractivity contribution in [1.29, 1.82) is 0 Å². The number of alkyl halides is 6. The summed E-state index contributed by atoms with van der Waals surface area (Å²) in [5.74, 6) is -1.62. The van der Waals surface area contributed by atoms with Crippen LogP contribution in [-0.2, 0) is 12.4 Å². The molecule has 2 N–H and O–H groups in total. The molecule has 1 nitrogen and oxygen atoms in total. The van der Waals surface area contributed by atoms with E-state index in [4.69, 9.17) is 5.73 Å². The van der Waals surface area contributed by atoms with Crippen LogP contribution < -0.4 is 5.73 Å². The fraction of sp³-hybridized carbons (Fsp3) is 0.400. The summed E-state index contributed by atoms with van der Waals surface area (Å²) in [4.78, 5) is 0. The first kappa shape index (κ1) is 18.0. The summed E-state index contributed by atoms with van der Waals surface area (Å²) < 4.78 is 88.0. The average molecular weight is 312 g/mol. The van der Waals surface area contributed by atoms with Gasteiger partial charge in [-0.2, -0.15) is 26.3 Å². The van der Waals surface area contributed by atoms with Crippen LogP contribution in [0.5, 0.6) is 0 Å². The molecule has 0 bridgehead atoms. The van der Waals surface area contributed by atoms with Gasteiger partial charge in [-0.1, -0.05) is 0 Å². The maximum atomic E-state index is 13.3.